The summed E-state index contributed by atoms with van der Waals surface area (Å²) in [7, 11) is 1.58. The van der Waals surface area contributed by atoms with Gasteiger partial charge in [0.2, 0.25) is 5.91 Å². The highest BCUT2D eigenvalue weighted by Crippen LogP contribution is 2.11. The molecule has 0 aliphatic carbocycles. The highest BCUT2D eigenvalue weighted by Gasteiger charge is 2.08. The first-order valence-electron chi connectivity index (χ1n) is 6.35. The lowest BCUT2D eigenvalue weighted by molar-refractivity contribution is -0.120. The van der Waals surface area contributed by atoms with Gasteiger partial charge >= 0.3 is 0 Å². The zero-order valence-corrected chi connectivity index (χ0v) is 11.3. The Balaban J connectivity index is 2.56. The summed E-state index contributed by atoms with van der Waals surface area (Å²) < 4.78 is 0. The van der Waals surface area contributed by atoms with E-state index in [4.69, 9.17) is 0 Å². The van der Waals surface area contributed by atoms with Crippen LogP contribution in [0.15, 0.2) is 24.3 Å². The molecule has 1 N–H and O–H groups in total. The monoisotopic (exact) mass is 247 g/mol. The number of carbonyl (C=O) groups excluding carboxylic acids is 2. The number of carbonyl (C=O) groups is 2. The number of nitrogens with one attached hydrogen (secondary N) is 1. The molecule has 3 heteroatoms. The van der Waals surface area contributed by atoms with Gasteiger partial charge < -0.3 is 5.32 Å². The van der Waals surface area contributed by atoms with Crippen molar-refractivity contribution in [3.05, 3.63) is 35.4 Å². The van der Waals surface area contributed by atoms with Gasteiger partial charge in [0, 0.05) is 25.5 Å². The van der Waals surface area contributed by atoms with E-state index in [9.17, 15) is 9.59 Å². The molecule has 0 unspecified atom stereocenters. The van der Waals surface area contributed by atoms with Crippen LogP contribution in [0.1, 0.15) is 42.6 Å². The summed E-state index contributed by atoms with van der Waals surface area (Å²) in [5.41, 5.74) is 1.93. The lowest BCUT2D eigenvalue weighted by atomic mass is 9.99. The molecule has 0 bridgehead atoms. The molecule has 18 heavy (non-hydrogen) atoms. The van der Waals surface area contributed by atoms with E-state index in [0.29, 0.717) is 11.5 Å². The van der Waals surface area contributed by atoms with Crippen molar-refractivity contribution in [1.82, 2.24) is 5.32 Å². The van der Waals surface area contributed by atoms with E-state index in [1.807, 2.05) is 24.3 Å². The first kappa shape index (κ1) is 14.4. The van der Waals surface area contributed by atoms with Crippen molar-refractivity contribution in [2.45, 2.75) is 33.1 Å². The average molecular weight is 247 g/mol. The first-order chi connectivity index (χ1) is 8.52. The predicted molar refractivity (Wildman–Crippen MR) is 72.6 cm³/mol. The van der Waals surface area contributed by atoms with Gasteiger partial charge in [0.1, 0.15) is 0 Å². The molecule has 0 aliphatic heterocycles. The third kappa shape index (κ3) is 4.70. The van der Waals surface area contributed by atoms with Gasteiger partial charge in [-0.05, 0) is 17.9 Å². The molecule has 0 fully saturated rings. The average Bonchev–Trinajstić information content (AvgIpc) is 2.35. The molecule has 1 aromatic rings. The number of hydrogen-bond donors (Lipinski definition) is 1. The van der Waals surface area contributed by atoms with Crippen molar-refractivity contribution in [2.24, 2.45) is 5.92 Å². The van der Waals surface area contributed by atoms with Gasteiger partial charge in [0.25, 0.3) is 0 Å². The topological polar surface area (TPSA) is 46.2 Å². The fraction of sp³-hybridized carbons (Fsp3) is 0.467. The van der Waals surface area contributed by atoms with Crippen LogP contribution in [0.5, 0.6) is 0 Å². The Hall–Kier alpha value is -1.64. The van der Waals surface area contributed by atoms with Gasteiger partial charge in [0.05, 0.1) is 0 Å². The molecular formula is C15H21NO2. The fourth-order valence-electron chi connectivity index (χ4n) is 1.79. The fourth-order valence-corrected chi connectivity index (χ4v) is 1.79. The Morgan fingerprint density at radius 1 is 1.11 bits per heavy atom. The van der Waals surface area contributed by atoms with Crippen molar-refractivity contribution in [1.29, 1.82) is 0 Å². The van der Waals surface area contributed by atoms with Crippen LogP contribution >= 0.6 is 0 Å². The maximum Gasteiger partial charge on any atom is 0.220 e. The van der Waals surface area contributed by atoms with Crippen LogP contribution in [0, 0.1) is 5.92 Å². The summed E-state index contributed by atoms with van der Waals surface area (Å²) in [6, 6.07) is 7.69. The second-order valence-corrected chi connectivity index (χ2v) is 4.89. The third-order valence-corrected chi connectivity index (χ3v) is 2.78. The number of benzene rings is 1. The van der Waals surface area contributed by atoms with Gasteiger partial charge in [-0.2, -0.15) is 0 Å². The van der Waals surface area contributed by atoms with Crippen LogP contribution < -0.4 is 5.32 Å². The molecular weight excluding hydrogens is 226 g/mol. The van der Waals surface area contributed by atoms with Gasteiger partial charge in [0.15, 0.2) is 5.78 Å². The van der Waals surface area contributed by atoms with Crippen LogP contribution in [0.3, 0.4) is 0 Å². The minimum Gasteiger partial charge on any atom is -0.359 e. The highest BCUT2D eigenvalue weighted by atomic mass is 16.2. The summed E-state index contributed by atoms with van der Waals surface area (Å²) in [6.45, 7) is 4.34. The van der Waals surface area contributed by atoms with E-state index in [1.54, 1.807) is 7.05 Å². The quantitative estimate of drug-likeness (QED) is 0.785. The van der Waals surface area contributed by atoms with Gasteiger partial charge in [-0.15, -0.1) is 0 Å². The number of rotatable bonds is 6. The Morgan fingerprint density at radius 3 is 2.22 bits per heavy atom. The molecule has 0 radical (unpaired) electrons. The molecule has 1 amide bonds. The van der Waals surface area contributed by atoms with E-state index in [0.717, 1.165) is 6.42 Å². The van der Waals surface area contributed by atoms with Crippen LogP contribution in [0.2, 0.25) is 0 Å². The minimum atomic E-state index is -0.0974. The number of Topliss-reactive ketones (excluding diaryl/α,β-unsaturated/α-hetero) is 1. The predicted octanol–water partition coefficient (Wildman–Crippen LogP) is 2.59. The summed E-state index contributed by atoms with van der Waals surface area (Å²) in [5, 5.41) is 2.51. The van der Waals surface area contributed by atoms with Crippen molar-refractivity contribution < 1.29 is 9.59 Å². The van der Waals surface area contributed by atoms with Gasteiger partial charge in [-0.3, -0.25) is 9.59 Å². The molecule has 1 rings (SSSR count). The highest BCUT2D eigenvalue weighted by molar-refractivity contribution is 5.97. The van der Waals surface area contributed by atoms with E-state index >= 15 is 0 Å². The summed E-state index contributed by atoms with van der Waals surface area (Å²) in [5.74, 6) is 0.536. The molecule has 0 atom stereocenters. The third-order valence-electron chi connectivity index (χ3n) is 2.78. The molecule has 98 valence electrons. The normalized spacial score (nSPS) is 10.4. The second-order valence-electron chi connectivity index (χ2n) is 4.89. The lowest BCUT2D eigenvalue weighted by Crippen LogP contribution is -2.18. The van der Waals surface area contributed by atoms with E-state index in [2.05, 4.69) is 19.2 Å². The molecule has 0 aliphatic rings. The van der Waals surface area contributed by atoms with E-state index < -0.39 is 0 Å². The molecule has 0 spiro atoms. The van der Waals surface area contributed by atoms with E-state index in [-0.39, 0.29) is 24.5 Å². The maximum absolute atomic E-state index is 11.8. The summed E-state index contributed by atoms with van der Waals surface area (Å²) in [4.78, 5) is 22.9. The van der Waals surface area contributed by atoms with Crippen molar-refractivity contribution in [3.8, 4) is 0 Å². The van der Waals surface area contributed by atoms with Gasteiger partial charge in [-0.1, -0.05) is 38.1 Å². The van der Waals surface area contributed by atoms with Gasteiger partial charge in [-0.25, -0.2) is 0 Å². The molecule has 0 heterocycles. The van der Waals surface area contributed by atoms with Crippen molar-refractivity contribution >= 4 is 11.7 Å². The van der Waals surface area contributed by atoms with Crippen molar-refractivity contribution in [3.63, 3.8) is 0 Å². The first-order valence-corrected chi connectivity index (χ1v) is 6.35. The molecule has 0 saturated carbocycles. The van der Waals surface area contributed by atoms with Crippen LogP contribution in [-0.2, 0) is 11.2 Å². The SMILES string of the molecule is CNC(=O)CCC(=O)c1ccc(CC(C)C)cc1. The maximum atomic E-state index is 11.8. The Bertz CT molecular complexity index is 407. The number of ketones is 1. The molecule has 1 aromatic carbocycles. The lowest BCUT2D eigenvalue weighted by Gasteiger charge is -2.06. The number of hydrogen-bond acceptors (Lipinski definition) is 2. The van der Waals surface area contributed by atoms with E-state index in [1.165, 1.54) is 5.56 Å². The molecule has 3 nitrogen and oxygen atoms in total. The Morgan fingerprint density at radius 2 is 1.72 bits per heavy atom. The Labute approximate surface area is 109 Å². The zero-order chi connectivity index (χ0) is 13.5. The molecule has 0 aromatic heterocycles. The smallest absolute Gasteiger partial charge is 0.220 e. The van der Waals surface area contributed by atoms with Crippen molar-refractivity contribution in [2.75, 3.05) is 7.05 Å². The number of amides is 1. The largest absolute Gasteiger partial charge is 0.359 e. The summed E-state index contributed by atoms with van der Waals surface area (Å²) >= 11 is 0. The van der Waals surface area contributed by atoms with Crippen LogP contribution in [0.4, 0.5) is 0 Å². The standard InChI is InChI=1S/C15H21NO2/c1-11(2)10-12-4-6-13(7-5-12)14(17)8-9-15(18)16-3/h4-7,11H,8-10H2,1-3H3,(H,16,18). The second kappa shape index (κ2) is 6.94. The zero-order valence-electron chi connectivity index (χ0n) is 11.3. The summed E-state index contributed by atoms with van der Waals surface area (Å²) in [6.07, 6.45) is 1.54. The molecule has 0 saturated heterocycles. The van der Waals surface area contributed by atoms with Crippen LogP contribution in [0.25, 0.3) is 0 Å². The van der Waals surface area contributed by atoms with Crippen LogP contribution in [-0.4, -0.2) is 18.7 Å². The minimum absolute atomic E-state index is 0.0229. The Kier molecular flexibility index (Phi) is 5.56.